The molecule has 0 atom stereocenters. The number of hydrogen-bond acceptors (Lipinski definition) is 7. The van der Waals surface area contributed by atoms with Crippen molar-refractivity contribution >= 4 is 40.9 Å². The second-order valence-electron chi connectivity index (χ2n) is 7.03. The number of hydrogen-bond donors (Lipinski definition) is 3. The minimum Gasteiger partial charge on any atom is -0.496 e. The van der Waals surface area contributed by atoms with E-state index in [1.807, 2.05) is 0 Å². The van der Waals surface area contributed by atoms with Crippen LogP contribution < -0.4 is 20.9 Å². The van der Waals surface area contributed by atoms with Crippen molar-refractivity contribution in [3.63, 3.8) is 0 Å². The largest absolute Gasteiger partial charge is 0.496 e. The Morgan fingerprint density at radius 1 is 1.00 bits per heavy atom. The molecule has 2 amide bonds. The normalized spacial score (nSPS) is 10.8. The number of carbonyl (C=O) groups excluding carboxylic acids is 3. The van der Waals surface area contributed by atoms with Crippen molar-refractivity contribution in [3.8, 4) is 5.75 Å². The third kappa shape index (κ3) is 6.85. The molecule has 13 heteroatoms. The van der Waals surface area contributed by atoms with Gasteiger partial charge in [0.1, 0.15) is 17.1 Å². The van der Waals surface area contributed by atoms with Gasteiger partial charge in [-0.25, -0.2) is 9.78 Å². The predicted octanol–water partition coefficient (Wildman–Crippen LogP) is 4.12. The van der Waals surface area contributed by atoms with Gasteiger partial charge in [-0.3, -0.25) is 20.4 Å². The van der Waals surface area contributed by atoms with Crippen molar-refractivity contribution in [1.29, 1.82) is 0 Å². The van der Waals surface area contributed by atoms with Gasteiger partial charge in [0.2, 0.25) is 0 Å². The zero-order valence-electron chi connectivity index (χ0n) is 18.5. The molecule has 0 aliphatic rings. The first-order valence-electron chi connectivity index (χ1n) is 10.1. The van der Waals surface area contributed by atoms with Gasteiger partial charge in [-0.2, -0.15) is 13.2 Å². The molecule has 3 aromatic rings. The topological polar surface area (TPSA) is 119 Å². The van der Waals surface area contributed by atoms with E-state index in [1.165, 1.54) is 55.8 Å². The van der Waals surface area contributed by atoms with Gasteiger partial charge in [-0.15, -0.1) is 0 Å². The number of pyridine rings is 1. The van der Waals surface area contributed by atoms with Gasteiger partial charge in [0, 0.05) is 16.9 Å². The first-order chi connectivity index (χ1) is 17.1. The van der Waals surface area contributed by atoms with Crippen LogP contribution in [0.15, 0.2) is 60.8 Å². The Morgan fingerprint density at radius 3 is 2.50 bits per heavy atom. The lowest BCUT2D eigenvalue weighted by atomic mass is 10.2. The molecule has 1 aromatic heterocycles. The van der Waals surface area contributed by atoms with Crippen LogP contribution in [0, 0.1) is 0 Å². The smallest absolute Gasteiger partial charge is 0.416 e. The summed E-state index contributed by atoms with van der Waals surface area (Å²) < 4.78 is 48.9. The standard InChI is InChI=1S/C23H18ClF3N4O5/c1-35-18-8-7-14(24)11-17(18)21(33)31-30-19(32)12-36-22(34)16-6-3-9-28-20(16)29-15-5-2-4-13(10-15)23(25,26)27/h2-11H,12H2,1H3,(H,28,29)(H,30,32)(H,31,33). The minimum absolute atomic E-state index is 0.0365. The highest BCUT2D eigenvalue weighted by Crippen LogP contribution is 2.31. The summed E-state index contributed by atoms with van der Waals surface area (Å²) in [6.45, 7) is -0.774. The molecule has 0 radical (unpaired) electrons. The number of amides is 2. The average Bonchev–Trinajstić information content (AvgIpc) is 2.85. The number of alkyl halides is 3. The fraction of sp³-hybridized carbons (Fsp3) is 0.130. The van der Waals surface area contributed by atoms with Crippen molar-refractivity contribution in [2.45, 2.75) is 6.18 Å². The average molecular weight is 523 g/mol. The van der Waals surface area contributed by atoms with Crippen LogP contribution in [0.5, 0.6) is 5.75 Å². The van der Waals surface area contributed by atoms with Crippen molar-refractivity contribution < 1.29 is 37.0 Å². The summed E-state index contributed by atoms with van der Waals surface area (Å²) in [4.78, 5) is 40.8. The number of esters is 1. The monoisotopic (exact) mass is 522 g/mol. The molecule has 0 unspecified atom stereocenters. The van der Waals surface area contributed by atoms with Crippen molar-refractivity contribution in [3.05, 3.63) is 82.5 Å². The highest BCUT2D eigenvalue weighted by Gasteiger charge is 2.30. The minimum atomic E-state index is -4.55. The van der Waals surface area contributed by atoms with Crippen LogP contribution in [-0.4, -0.2) is 36.5 Å². The maximum absolute atomic E-state index is 13.0. The van der Waals surface area contributed by atoms with Crippen molar-refractivity contribution in [2.75, 3.05) is 19.0 Å². The molecule has 0 saturated heterocycles. The Morgan fingerprint density at radius 2 is 1.78 bits per heavy atom. The number of carbonyl (C=O) groups is 3. The number of methoxy groups -OCH3 is 1. The quantitative estimate of drug-likeness (QED) is 0.315. The summed E-state index contributed by atoms with van der Waals surface area (Å²) in [7, 11) is 1.35. The van der Waals surface area contributed by atoms with Crippen LogP contribution in [0.4, 0.5) is 24.7 Å². The molecule has 2 aromatic carbocycles. The number of rotatable bonds is 7. The molecular weight excluding hydrogens is 505 g/mol. The molecule has 188 valence electrons. The summed E-state index contributed by atoms with van der Waals surface area (Å²) in [5.41, 5.74) is 3.30. The third-order valence-electron chi connectivity index (χ3n) is 4.54. The molecule has 1 heterocycles. The Balaban J connectivity index is 1.60. The maximum atomic E-state index is 13.0. The number of nitrogens with zero attached hydrogens (tertiary/aromatic N) is 1. The predicted molar refractivity (Wildman–Crippen MR) is 123 cm³/mol. The molecule has 3 N–H and O–H groups in total. The zero-order valence-corrected chi connectivity index (χ0v) is 19.2. The lowest BCUT2D eigenvalue weighted by Crippen LogP contribution is -2.43. The van der Waals surface area contributed by atoms with E-state index in [1.54, 1.807) is 0 Å². The highest BCUT2D eigenvalue weighted by molar-refractivity contribution is 6.31. The van der Waals surface area contributed by atoms with Crippen LogP contribution in [0.2, 0.25) is 5.02 Å². The fourth-order valence-electron chi connectivity index (χ4n) is 2.88. The van der Waals surface area contributed by atoms with E-state index in [2.05, 4.69) is 21.2 Å². The van der Waals surface area contributed by atoms with Crippen LogP contribution >= 0.6 is 11.6 Å². The van der Waals surface area contributed by atoms with Gasteiger partial charge in [0.05, 0.1) is 18.2 Å². The number of aromatic nitrogens is 1. The number of anilines is 2. The van der Waals surface area contributed by atoms with Gasteiger partial charge in [-0.05, 0) is 48.5 Å². The van der Waals surface area contributed by atoms with Crippen LogP contribution in [-0.2, 0) is 15.7 Å². The summed E-state index contributed by atoms with van der Waals surface area (Å²) >= 11 is 5.87. The third-order valence-corrected chi connectivity index (χ3v) is 4.77. The first-order valence-corrected chi connectivity index (χ1v) is 10.5. The number of benzene rings is 2. The molecule has 0 saturated carbocycles. The summed E-state index contributed by atoms with van der Waals surface area (Å²) in [5, 5.41) is 2.91. The second kappa shape index (κ2) is 11.4. The zero-order chi connectivity index (χ0) is 26.3. The summed E-state index contributed by atoms with van der Waals surface area (Å²) in [6, 6.07) is 11.4. The number of hydrazine groups is 1. The molecule has 0 aliphatic heterocycles. The van der Waals surface area contributed by atoms with E-state index in [4.69, 9.17) is 21.1 Å². The van der Waals surface area contributed by atoms with E-state index >= 15 is 0 Å². The molecule has 0 aliphatic carbocycles. The number of nitrogens with one attached hydrogen (secondary N) is 3. The van der Waals surface area contributed by atoms with Gasteiger partial charge in [0.15, 0.2) is 6.61 Å². The van der Waals surface area contributed by atoms with E-state index in [0.29, 0.717) is 0 Å². The Labute approximate surface area is 207 Å². The summed E-state index contributed by atoms with van der Waals surface area (Å²) in [5.74, 6) is -2.43. The first kappa shape index (κ1) is 26.3. The van der Waals surface area contributed by atoms with Crippen LogP contribution in [0.25, 0.3) is 0 Å². The van der Waals surface area contributed by atoms with E-state index in [9.17, 15) is 27.6 Å². The van der Waals surface area contributed by atoms with Crippen LogP contribution in [0.1, 0.15) is 26.3 Å². The van der Waals surface area contributed by atoms with Gasteiger partial charge < -0.3 is 14.8 Å². The number of halogens is 4. The molecule has 0 spiro atoms. The van der Waals surface area contributed by atoms with Crippen LogP contribution in [0.3, 0.4) is 0 Å². The lowest BCUT2D eigenvalue weighted by molar-refractivity contribution is -0.137. The van der Waals surface area contributed by atoms with E-state index < -0.39 is 36.1 Å². The maximum Gasteiger partial charge on any atom is 0.416 e. The second-order valence-corrected chi connectivity index (χ2v) is 7.46. The Hall–Kier alpha value is -4.32. The number of ether oxygens (including phenoxy) is 2. The van der Waals surface area contributed by atoms with Gasteiger partial charge >= 0.3 is 12.1 Å². The lowest BCUT2D eigenvalue weighted by Gasteiger charge is -2.13. The SMILES string of the molecule is COc1ccc(Cl)cc1C(=O)NNC(=O)COC(=O)c1cccnc1Nc1cccc(C(F)(F)F)c1. The van der Waals surface area contributed by atoms with Crippen molar-refractivity contribution in [2.24, 2.45) is 0 Å². The van der Waals surface area contributed by atoms with E-state index in [0.717, 1.165) is 12.1 Å². The molecule has 36 heavy (non-hydrogen) atoms. The fourth-order valence-corrected chi connectivity index (χ4v) is 3.05. The molecule has 0 fully saturated rings. The molecular formula is C23H18ClF3N4O5. The van der Waals surface area contributed by atoms with E-state index in [-0.39, 0.29) is 33.4 Å². The van der Waals surface area contributed by atoms with Gasteiger partial charge in [-0.1, -0.05) is 17.7 Å². The molecule has 9 nitrogen and oxygen atoms in total. The molecule has 0 bridgehead atoms. The Bertz CT molecular complexity index is 1290. The molecule has 3 rings (SSSR count). The Kier molecular flexibility index (Phi) is 8.33. The summed E-state index contributed by atoms with van der Waals surface area (Å²) in [6.07, 6.45) is -3.23. The highest BCUT2D eigenvalue weighted by atomic mass is 35.5. The van der Waals surface area contributed by atoms with Crippen molar-refractivity contribution in [1.82, 2.24) is 15.8 Å². The van der Waals surface area contributed by atoms with Gasteiger partial charge in [0.25, 0.3) is 11.8 Å².